The van der Waals surface area contributed by atoms with Crippen molar-refractivity contribution in [1.82, 2.24) is 0 Å². The predicted octanol–water partition coefficient (Wildman–Crippen LogP) is 18.9. The number of hydrogen-bond donors (Lipinski definition) is 0. The van der Waals surface area contributed by atoms with Gasteiger partial charge in [0.15, 0.2) is 0 Å². The predicted molar refractivity (Wildman–Crippen MR) is 375 cm³/mol. The van der Waals surface area contributed by atoms with E-state index in [1.807, 2.05) is 109 Å². The minimum Gasteiger partial charge on any atom is -0.497 e. The fourth-order valence-corrected chi connectivity index (χ4v) is 13.6. The van der Waals surface area contributed by atoms with Crippen molar-refractivity contribution in [3.63, 3.8) is 0 Å². The van der Waals surface area contributed by atoms with Crippen LogP contribution >= 0.6 is 0 Å². The van der Waals surface area contributed by atoms with E-state index in [1.165, 1.54) is 0 Å². The first kappa shape index (κ1) is 69.5. The number of ether oxygens (including phenoxy) is 9. The van der Waals surface area contributed by atoms with E-state index in [0.717, 1.165) is 88.6 Å². The van der Waals surface area contributed by atoms with Crippen LogP contribution in [0.15, 0.2) is 218 Å². The van der Waals surface area contributed by atoms with E-state index >= 15 is 0 Å². The molecule has 0 aliphatic rings. The van der Waals surface area contributed by atoms with E-state index in [1.54, 1.807) is 64.0 Å². The Bertz CT molecular complexity index is 3300. The average Bonchev–Trinajstić information content (AvgIpc) is 0.728. The van der Waals surface area contributed by atoms with Gasteiger partial charge < -0.3 is 56.6 Å². The molecule has 0 N–H and O–H groups in total. The van der Waals surface area contributed by atoms with Gasteiger partial charge in [0.1, 0.15) is 68.5 Å². The van der Waals surface area contributed by atoms with E-state index in [9.17, 15) is 0 Å². The van der Waals surface area contributed by atoms with Crippen LogP contribution in [0.2, 0.25) is 0 Å². The molecule has 0 aliphatic carbocycles. The molecule has 3 atom stereocenters. The van der Waals surface area contributed by atoms with Crippen LogP contribution < -0.4 is 42.6 Å². The number of benzene rings is 9. The molecule has 0 saturated heterocycles. The van der Waals surface area contributed by atoms with Crippen LogP contribution in [0.4, 0.5) is 0 Å². The smallest absolute Gasteiger partial charge is 0.497 e. The Morgan fingerprint density at radius 2 is 0.436 bits per heavy atom. The topological polar surface area (TPSA) is 111 Å². The van der Waals surface area contributed by atoms with E-state index in [-0.39, 0.29) is 0 Å². The summed E-state index contributed by atoms with van der Waals surface area (Å²) >= 11 is 0. The SMILES string of the molecule is CCCCC(c1cccc(OC)c1)C(OB(OC(c1cccc(OC)c1)(c1cccc(OC)c1)C(CCCC)c1cccc(OC)c1)OC(c1cccc(OC)c1)(c1cccc(OC)c1)C(CCCC)c1cccc(OC)c1)(c1cccc(OC)c1)c1cccc(OC)c1. The molecule has 492 valence electrons. The monoisotopic (exact) mass is 1270 g/mol. The maximum Gasteiger partial charge on any atom is 0.642 e. The fraction of sp³-hybridized carbons (Fsp3) is 0.333. The van der Waals surface area contributed by atoms with Crippen LogP contribution in [0.25, 0.3) is 0 Å². The molecule has 12 nitrogen and oxygen atoms in total. The van der Waals surface area contributed by atoms with Crippen LogP contribution in [-0.4, -0.2) is 71.3 Å². The minimum absolute atomic E-state index is 0.522. The highest BCUT2D eigenvalue weighted by atomic mass is 16.8. The molecule has 0 spiro atoms. The Morgan fingerprint density at radius 1 is 0.255 bits per heavy atom. The van der Waals surface area contributed by atoms with Crippen LogP contribution in [-0.2, 0) is 30.8 Å². The summed E-state index contributed by atoms with van der Waals surface area (Å²) in [6.07, 6.45) is 6.84. The Labute approximate surface area is 558 Å². The minimum atomic E-state index is -1.73. The third-order valence-electron chi connectivity index (χ3n) is 18.3. The molecule has 3 unspecified atom stereocenters. The van der Waals surface area contributed by atoms with Gasteiger partial charge in [-0.3, -0.25) is 0 Å². The molecular formula is C81H93BO12. The van der Waals surface area contributed by atoms with E-state index in [2.05, 4.69) is 130 Å². The lowest BCUT2D eigenvalue weighted by Crippen LogP contribution is -2.54. The molecule has 13 heteroatoms. The number of hydrogen-bond acceptors (Lipinski definition) is 12. The van der Waals surface area contributed by atoms with Crippen molar-refractivity contribution in [1.29, 1.82) is 0 Å². The first-order valence-corrected chi connectivity index (χ1v) is 32.8. The van der Waals surface area contributed by atoms with Gasteiger partial charge in [0, 0.05) is 17.8 Å². The quantitative estimate of drug-likeness (QED) is 0.0349. The third-order valence-corrected chi connectivity index (χ3v) is 18.3. The molecule has 9 aromatic rings. The second kappa shape index (κ2) is 33.3. The molecule has 0 aliphatic heterocycles. The van der Waals surface area contributed by atoms with Crippen LogP contribution in [0.1, 0.15) is 146 Å². The first-order chi connectivity index (χ1) is 46.0. The van der Waals surface area contributed by atoms with Gasteiger partial charge in [0.2, 0.25) is 0 Å². The first-order valence-electron chi connectivity index (χ1n) is 32.8. The van der Waals surface area contributed by atoms with Gasteiger partial charge in [-0.2, -0.15) is 0 Å². The maximum atomic E-state index is 8.92. The summed E-state index contributed by atoms with van der Waals surface area (Å²) in [4.78, 5) is 0. The largest absolute Gasteiger partial charge is 0.642 e. The van der Waals surface area contributed by atoms with E-state index < -0.39 is 41.9 Å². The lowest BCUT2D eigenvalue weighted by atomic mass is 9.68. The lowest BCUT2D eigenvalue weighted by molar-refractivity contribution is -0.0893. The van der Waals surface area contributed by atoms with E-state index in [0.29, 0.717) is 71.0 Å². The molecule has 0 fully saturated rings. The normalized spacial score (nSPS) is 12.6. The molecule has 0 bridgehead atoms. The Morgan fingerprint density at radius 3 is 0.617 bits per heavy atom. The van der Waals surface area contributed by atoms with Crippen molar-refractivity contribution in [2.24, 2.45) is 0 Å². The summed E-state index contributed by atoms with van der Waals surface area (Å²) in [5.74, 6) is 4.20. The van der Waals surface area contributed by atoms with Crippen molar-refractivity contribution < 1.29 is 56.6 Å². The fourth-order valence-electron chi connectivity index (χ4n) is 13.6. The highest BCUT2D eigenvalue weighted by molar-refractivity contribution is 6.37. The Balaban J connectivity index is 1.57. The molecule has 94 heavy (non-hydrogen) atoms. The van der Waals surface area contributed by atoms with Crippen molar-refractivity contribution in [3.8, 4) is 51.7 Å². The van der Waals surface area contributed by atoms with Crippen molar-refractivity contribution in [2.45, 2.75) is 113 Å². The van der Waals surface area contributed by atoms with Gasteiger partial charge in [-0.1, -0.05) is 168 Å². The van der Waals surface area contributed by atoms with Gasteiger partial charge in [0.05, 0.1) is 64.0 Å². The molecule has 0 aromatic heterocycles. The molecule has 0 heterocycles. The zero-order valence-electron chi connectivity index (χ0n) is 56.9. The Hall–Kier alpha value is -8.88. The molecule has 9 aromatic carbocycles. The van der Waals surface area contributed by atoms with Gasteiger partial charge in [-0.15, -0.1) is 0 Å². The van der Waals surface area contributed by atoms with Crippen molar-refractivity contribution in [2.75, 3.05) is 64.0 Å². The highest BCUT2D eigenvalue weighted by Gasteiger charge is 2.58. The summed E-state index contributed by atoms with van der Waals surface area (Å²) in [6, 6.07) is 74.0. The molecular weight excluding hydrogens is 1180 g/mol. The summed E-state index contributed by atoms with van der Waals surface area (Å²) in [5.41, 5.74) is 2.65. The third kappa shape index (κ3) is 15.2. The van der Waals surface area contributed by atoms with Crippen molar-refractivity contribution in [3.05, 3.63) is 268 Å². The number of unbranched alkanes of at least 4 members (excludes halogenated alkanes) is 3. The summed E-state index contributed by atoms with van der Waals surface area (Å²) in [6.45, 7) is 6.65. The van der Waals surface area contributed by atoms with Crippen LogP contribution in [0.3, 0.4) is 0 Å². The van der Waals surface area contributed by atoms with Gasteiger partial charge in [-0.25, -0.2) is 0 Å². The summed E-state index contributed by atoms with van der Waals surface area (Å²) < 4.78 is 82.7. The number of methoxy groups -OCH3 is 9. The molecule has 0 amide bonds. The van der Waals surface area contributed by atoms with Crippen molar-refractivity contribution >= 4 is 7.32 Å². The zero-order valence-corrected chi connectivity index (χ0v) is 56.9. The maximum absolute atomic E-state index is 8.92. The molecule has 0 radical (unpaired) electrons. The second-order valence-corrected chi connectivity index (χ2v) is 23.7. The highest BCUT2D eigenvalue weighted by Crippen LogP contribution is 2.58. The number of rotatable bonds is 36. The summed E-state index contributed by atoms with van der Waals surface area (Å²) in [7, 11) is 13.5. The zero-order chi connectivity index (χ0) is 66.5. The lowest BCUT2D eigenvalue weighted by Gasteiger charge is -2.50. The van der Waals surface area contributed by atoms with Gasteiger partial charge in [-0.05, 0) is 179 Å². The average molecular weight is 1270 g/mol. The van der Waals surface area contributed by atoms with Crippen LogP contribution in [0.5, 0.6) is 51.7 Å². The van der Waals surface area contributed by atoms with Gasteiger partial charge >= 0.3 is 7.32 Å². The molecule has 9 rings (SSSR count). The summed E-state index contributed by atoms with van der Waals surface area (Å²) in [5, 5.41) is 0. The second-order valence-electron chi connectivity index (χ2n) is 23.7. The molecule has 0 saturated carbocycles. The Kier molecular flexibility index (Phi) is 24.6. The van der Waals surface area contributed by atoms with Crippen LogP contribution in [0, 0.1) is 0 Å². The van der Waals surface area contributed by atoms with Gasteiger partial charge in [0.25, 0.3) is 0 Å². The van der Waals surface area contributed by atoms with E-state index in [4.69, 9.17) is 56.6 Å². The standard InChI is InChI=1S/C81H93BO12/c1-13-16-46-76(58-28-19-37-67(49-58)83-4)79(61-31-22-40-70(52-61)86-7,62-32-23-41-71(53-62)87-8)92-82(93-80(63-33-24-42-72(54-63)88-9,64-34-25-43-73(55-64)89-10)77(47-17-14-2)59-29-20-38-68(50-59)84-5)94-81(65-35-26-44-74(56-65)90-11,66-36-27-45-75(57-66)91-12)78(48-18-15-3)60-30-21-39-69(51-60)85-6/h19-45,49-57,76-78H,13-18,46-48H2,1-12H3.